The van der Waals surface area contributed by atoms with Crippen molar-refractivity contribution in [3.05, 3.63) is 143 Å². The summed E-state index contributed by atoms with van der Waals surface area (Å²) in [6.07, 6.45) is 2.97. The molecule has 4 unspecified atom stereocenters. The van der Waals surface area contributed by atoms with Gasteiger partial charge in [0, 0.05) is 51.0 Å². The molecule has 5 aromatic rings. The van der Waals surface area contributed by atoms with E-state index in [1.54, 1.807) is 0 Å². The summed E-state index contributed by atoms with van der Waals surface area (Å²) in [5, 5.41) is 17.9. The Morgan fingerprint density at radius 2 is 1.54 bits per heavy atom. The lowest BCUT2D eigenvalue weighted by atomic mass is 9.98. The number of nitrogens with one attached hydrogen (secondary N) is 2. The summed E-state index contributed by atoms with van der Waals surface area (Å²) in [6.45, 7) is 5.62. The van der Waals surface area contributed by atoms with E-state index >= 15 is 0 Å². The molecule has 1 aliphatic rings. The first-order valence-electron chi connectivity index (χ1n) is 19.2. The van der Waals surface area contributed by atoms with Gasteiger partial charge in [-0.25, -0.2) is 0 Å². The van der Waals surface area contributed by atoms with Crippen molar-refractivity contribution in [1.82, 2.24) is 15.5 Å². The first kappa shape index (κ1) is 38.9. The number of likely N-dealkylation sites (N-methyl/N-ethyl adjacent to an activating group) is 1. The van der Waals surface area contributed by atoms with Crippen LogP contribution in [0.3, 0.4) is 0 Å². The third-order valence-electron chi connectivity index (χ3n) is 10.4. The number of ether oxygens (including phenoxy) is 2. The fraction of sp³-hybridized carbons (Fsp3) is 0.348. The number of carbonyl (C=O) groups excluding carboxylic acids is 2. The van der Waals surface area contributed by atoms with E-state index in [0.717, 1.165) is 59.2 Å². The zero-order chi connectivity index (χ0) is 37.9. The highest BCUT2D eigenvalue weighted by Crippen LogP contribution is 2.39. The van der Waals surface area contributed by atoms with Crippen LogP contribution in [0.1, 0.15) is 92.2 Å². The lowest BCUT2D eigenvalue weighted by Gasteiger charge is -2.39. The fourth-order valence-electron chi connectivity index (χ4n) is 7.07. The smallest absolute Gasteiger partial charge is 0.220 e. The Labute approximate surface area is 319 Å². The maximum Gasteiger partial charge on any atom is 0.220 e. The van der Waals surface area contributed by atoms with Gasteiger partial charge in [-0.15, -0.1) is 0 Å². The van der Waals surface area contributed by atoms with Gasteiger partial charge in [-0.3, -0.25) is 14.5 Å². The molecule has 5 aromatic carbocycles. The van der Waals surface area contributed by atoms with E-state index in [-0.39, 0.29) is 36.7 Å². The van der Waals surface area contributed by atoms with Crippen LogP contribution in [0.2, 0.25) is 0 Å². The van der Waals surface area contributed by atoms with Gasteiger partial charge in [-0.1, -0.05) is 110 Å². The van der Waals surface area contributed by atoms with E-state index in [0.29, 0.717) is 25.9 Å². The van der Waals surface area contributed by atoms with E-state index in [1.807, 2.05) is 36.4 Å². The maximum absolute atomic E-state index is 12.4. The first-order valence-corrected chi connectivity index (χ1v) is 19.2. The minimum atomic E-state index is -0.545. The molecular weight excluding hydrogens is 675 g/mol. The largest absolute Gasteiger partial charge is 0.392 e. The zero-order valence-electron chi connectivity index (χ0n) is 31.7. The summed E-state index contributed by atoms with van der Waals surface area (Å²) in [5.41, 5.74) is 7.33. The number of aliphatic hydroxyl groups is 1. The van der Waals surface area contributed by atoms with Crippen LogP contribution in [-0.4, -0.2) is 48.1 Å². The first-order chi connectivity index (χ1) is 26.2. The molecular formula is C46H53N3O5. The third kappa shape index (κ3) is 10.6. The number of benzene rings is 5. The zero-order valence-corrected chi connectivity index (χ0v) is 31.7. The number of unbranched alkanes of at least 4 members (excludes halogenated alkanes) is 2. The van der Waals surface area contributed by atoms with Crippen LogP contribution >= 0.6 is 0 Å². The van der Waals surface area contributed by atoms with Gasteiger partial charge in [0.15, 0.2) is 6.29 Å². The summed E-state index contributed by atoms with van der Waals surface area (Å²) in [7, 11) is 2.16. The molecule has 1 heterocycles. The number of carbonyl (C=O) groups is 2. The second-order valence-electron chi connectivity index (χ2n) is 14.5. The van der Waals surface area contributed by atoms with Crippen LogP contribution in [-0.2, 0) is 32.2 Å². The normalized spacial score (nSPS) is 17.7. The van der Waals surface area contributed by atoms with E-state index < -0.39 is 6.29 Å². The molecule has 1 fully saturated rings. The van der Waals surface area contributed by atoms with E-state index in [9.17, 15) is 14.7 Å². The van der Waals surface area contributed by atoms with Crippen molar-refractivity contribution in [3.8, 4) is 11.1 Å². The Morgan fingerprint density at radius 3 is 2.30 bits per heavy atom. The van der Waals surface area contributed by atoms with E-state index in [4.69, 9.17) is 9.47 Å². The van der Waals surface area contributed by atoms with Gasteiger partial charge in [-0.05, 0) is 83.1 Å². The number of rotatable bonds is 16. The highest BCUT2D eigenvalue weighted by molar-refractivity contribution is 5.83. The van der Waals surface area contributed by atoms with Gasteiger partial charge >= 0.3 is 0 Å². The molecule has 1 saturated heterocycles. The van der Waals surface area contributed by atoms with Crippen LogP contribution in [0.5, 0.6) is 0 Å². The van der Waals surface area contributed by atoms with Gasteiger partial charge < -0.3 is 25.2 Å². The van der Waals surface area contributed by atoms with Gasteiger partial charge in [0.1, 0.15) is 0 Å². The molecule has 0 aromatic heterocycles. The lowest BCUT2D eigenvalue weighted by molar-refractivity contribution is -0.253. The second kappa shape index (κ2) is 18.9. The molecule has 2 amide bonds. The highest BCUT2D eigenvalue weighted by Gasteiger charge is 2.33. The summed E-state index contributed by atoms with van der Waals surface area (Å²) < 4.78 is 13.4. The molecule has 282 valence electrons. The number of nitrogens with zero attached hydrogens (tertiary/aromatic N) is 1. The SMILES string of the molecule is CC(=O)NCCCCCC(=O)NCc1cccc(-c2ccc(C3OC(CN(C)C(C)c4ccc5ccccc5c4)CC(c4ccc(CO)cc4)O3)cc2)c1. The average Bonchev–Trinajstić information content (AvgIpc) is 3.20. The van der Waals surface area contributed by atoms with Crippen molar-refractivity contribution in [2.75, 3.05) is 20.1 Å². The molecule has 0 saturated carbocycles. The van der Waals surface area contributed by atoms with Crippen molar-refractivity contribution in [3.63, 3.8) is 0 Å². The minimum Gasteiger partial charge on any atom is -0.392 e. The molecule has 0 aliphatic carbocycles. The topological polar surface area (TPSA) is 100 Å². The molecule has 0 bridgehead atoms. The van der Waals surface area contributed by atoms with Gasteiger partial charge in [0.2, 0.25) is 11.8 Å². The molecule has 54 heavy (non-hydrogen) atoms. The van der Waals surface area contributed by atoms with E-state index in [1.165, 1.54) is 23.3 Å². The number of hydrogen-bond donors (Lipinski definition) is 3. The summed E-state index contributed by atoms with van der Waals surface area (Å²) in [6, 6.07) is 40.0. The molecule has 8 nitrogen and oxygen atoms in total. The molecule has 0 radical (unpaired) electrons. The average molecular weight is 728 g/mol. The monoisotopic (exact) mass is 727 g/mol. The Kier molecular flexibility index (Phi) is 13.6. The molecule has 8 heteroatoms. The molecule has 0 spiro atoms. The minimum absolute atomic E-state index is 0.00451. The van der Waals surface area contributed by atoms with Crippen molar-refractivity contribution < 1.29 is 24.2 Å². The lowest BCUT2D eigenvalue weighted by Crippen LogP contribution is -2.38. The number of aliphatic hydroxyl groups excluding tert-OH is 1. The predicted molar refractivity (Wildman–Crippen MR) is 214 cm³/mol. The number of fused-ring (bicyclic) bond motifs is 1. The summed E-state index contributed by atoms with van der Waals surface area (Å²) >= 11 is 0. The molecule has 4 atom stereocenters. The standard InChI is InChI=1S/C46H53N3O5/c1-32(40-24-21-36-11-6-7-12-42(36)27-40)49(3)30-43-28-44(38-17-15-34(31-50)16-18-38)54-46(53-43)39-22-19-37(20-23-39)41-13-9-10-35(26-41)29-48-45(52)14-5-4-8-25-47-33(2)51/h6-7,9-13,15-24,26-27,32,43-44,46,50H,4-5,8,14,25,28-31H2,1-3H3,(H,47,51)(H,48,52). The molecule has 1 aliphatic heterocycles. The number of amides is 2. The summed E-state index contributed by atoms with van der Waals surface area (Å²) in [4.78, 5) is 25.8. The van der Waals surface area contributed by atoms with Crippen molar-refractivity contribution >= 4 is 22.6 Å². The van der Waals surface area contributed by atoms with Crippen LogP contribution in [0, 0.1) is 0 Å². The van der Waals surface area contributed by atoms with Crippen LogP contribution in [0.4, 0.5) is 0 Å². The number of hydrogen-bond acceptors (Lipinski definition) is 6. The Balaban J connectivity index is 1.10. The molecule has 6 rings (SSSR count). The Bertz CT molecular complexity index is 1980. The fourth-order valence-corrected chi connectivity index (χ4v) is 7.07. The van der Waals surface area contributed by atoms with Gasteiger partial charge in [0.05, 0.1) is 18.8 Å². The van der Waals surface area contributed by atoms with Gasteiger partial charge in [0.25, 0.3) is 0 Å². The summed E-state index contributed by atoms with van der Waals surface area (Å²) in [5.74, 6) is 0.0113. The molecule has 3 N–H and O–H groups in total. The third-order valence-corrected chi connectivity index (χ3v) is 10.4. The maximum atomic E-state index is 12.4. The van der Waals surface area contributed by atoms with Crippen molar-refractivity contribution in [1.29, 1.82) is 0 Å². The van der Waals surface area contributed by atoms with Crippen molar-refractivity contribution in [2.24, 2.45) is 0 Å². The highest BCUT2D eigenvalue weighted by atomic mass is 16.7. The quantitative estimate of drug-likeness (QED) is 0.0882. The van der Waals surface area contributed by atoms with Crippen LogP contribution < -0.4 is 10.6 Å². The predicted octanol–water partition coefficient (Wildman–Crippen LogP) is 8.55. The second-order valence-corrected chi connectivity index (χ2v) is 14.5. The van der Waals surface area contributed by atoms with E-state index in [2.05, 4.69) is 108 Å². The van der Waals surface area contributed by atoms with Gasteiger partial charge in [-0.2, -0.15) is 0 Å². The van der Waals surface area contributed by atoms with Crippen LogP contribution in [0.15, 0.2) is 115 Å². The van der Waals surface area contributed by atoms with Crippen LogP contribution in [0.25, 0.3) is 21.9 Å². The Hall–Kier alpha value is -4.86. The van der Waals surface area contributed by atoms with Crippen molar-refractivity contribution in [2.45, 2.75) is 83.6 Å². The Morgan fingerprint density at radius 1 is 0.778 bits per heavy atom.